The van der Waals surface area contributed by atoms with Gasteiger partial charge in [-0.15, -0.1) is 0 Å². The molecule has 0 aromatic heterocycles. The molecular weight excluding hydrogens is 368 g/mol. The van der Waals surface area contributed by atoms with Crippen LogP contribution >= 0.6 is 23.2 Å². The van der Waals surface area contributed by atoms with Crippen LogP contribution in [0.5, 0.6) is 0 Å². The molecule has 8 heteroatoms. The van der Waals surface area contributed by atoms with Crippen molar-refractivity contribution >= 4 is 40.7 Å². The highest BCUT2D eigenvalue weighted by molar-refractivity contribution is 6.42. The number of halogens is 3. The van der Waals surface area contributed by atoms with Crippen LogP contribution in [0.4, 0.5) is 4.39 Å². The average molecular weight is 382 g/mol. The number of carbonyl (C=O) groups is 2. The molecule has 0 saturated carbocycles. The number of nitrogens with one attached hydrogen (secondary N) is 2. The van der Waals surface area contributed by atoms with Gasteiger partial charge < -0.3 is 5.32 Å². The number of amides is 2. The number of hydrazone groups is 1. The summed E-state index contributed by atoms with van der Waals surface area (Å²) >= 11 is 11.8. The predicted octanol–water partition coefficient (Wildman–Crippen LogP) is 3.40. The zero-order valence-corrected chi connectivity index (χ0v) is 14.7. The molecule has 0 aliphatic heterocycles. The standard InChI is InChI=1S/C17H14Cl2FN3O2/c1-10(11-6-7-13(18)14(19)8-11)22-23-16(24)9-21-17(25)12-4-2-3-5-15(12)20/h2-8H,9H2,1H3,(H,21,25)(H,23,24). The van der Waals surface area contributed by atoms with Crippen molar-refractivity contribution in [2.45, 2.75) is 6.92 Å². The third kappa shape index (κ3) is 5.27. The first kappa shape index (κ1) is 18.9. The van der Waals surface area contributed by atoms with Crippen molar-refractivity contribution in [2.75, 3.05) is 6.54 Å². The lowest BCUT2D eigenvalue weighted by Crippen LogP contribution is -2.35. The molecule has 0 atom stereocenters. The fourth-order valence-electron chi connectivity index (χ4n) is 1.87. The lowest BCUT2D eigenvalue weighted by Gasteiger charge is -2.06. The molecule has 0 spiro atoms. The van der Waals surface area contributed by atoms with Gasteiger partial charge in [0.1, 0.15) is 5.82 Å². The molecule has 0 aliphatic carbocycles. The van der Waals surface area contributed by atoms with Crippen LogP contribution in [0.25, 0.3) is 0 Å². The largest absolute Gasteiger partial charge is 0.343 e. The Balaban J connectivity index is 1.90. The zero-order valence-electron chi connectivity index (χ0n) is 13.1. The van der Waals surface area contributed by atoms with Crippen molar-refractivity contribution in [1.29, 1.82) is 0 Å². The molecule has 5 nitrogen and oxygen atoms in total. The predicted molar refractivity (Wildman–Crippen MR) is 95.5 cm³/mol. The Morgan fingerprint density at radius 3 is 2.52 bits per heavy atom. The van der Waals surface area contributed by atoms with Gasteiger partial charge in [-0.25, -0.2) is 9.82 Å². The summed E-state index contributed by atoms with van der Waals surface area (Å²) in [6.45, 7) is 1.34. The van der Waals surface area contributed by atoms with Gasteiger partial charge in [-0.05, 0) is 36.8 Å². The molecule has 0 saturated heterocycles. The molecule has 25 heavy (non-hydrogen) atoms. The summed E-state index contributed by atoms with van der Waals surface area (Å²) in [7, 11) is 0. The van der Waals surface area contributed by atoms with Gasteiger partial charge in [-0.3, -0.25) is 9.59 Å². The Morgan fingerprint density at radius 2 is 1.84 bits per heavy atom. The molecule has 2 aromatic rings. The van der Waals surface area contributed by atoms with Crippen LogP contribution in [-0.2, 0) is 4.79 Å². The third-order valence-corrected chi connectivity index (χ3v) is 3.95. The highest BCUT2D eigenvalue weighted by Gasteiger charge is 2.11. The fraction of sp³-hybridized carbons (Fsp3) is 0.118. The smallest absolute Gasteiger partial charge is 0.259 e. The van der Waals surface area contributed by atoms with Gasteiger partial charge in [0.15, 0.2) is 0 Å². The number of nitrogens with zero attached hydrogens (tertiary/aromatic N) is 1. The first-order valence-corrected chi connectivity index (χ1v) is 7.95. The highest BCUT2D eigenvalue weighted by Crippen LogP contribution is 2.22. The Kier molecular flexibility index (Phi) is 6.50. The molecule has 0 aliphatic rings. The fourth-order valence-corrected chi connectivity index (χ4v) is 2.17. The lowest BCUT2D eigenvalue weighted by molar-refractivity contribution is -0.120. The first-order valence-electron chi connectivity index (χ1n) is 7.19. The second kappa shape index (κ2) is 8.60. The minimum absolute atomic E-state index is 0.134. The van der Waals surface area contributed by atoms with E-state index >= 15 is 0 Å². The van der Waals surface area contributed by atoms with E-state index in [0.717, 1.165) is 0 Å². The summed E-state index contributed by atoms with van der Waals surface area (Å²) in [5.41, 5.74) is 3.36. The van der Waals surface area contributed by atoms with E-state index in [4.69, 9.17) is 23.2 Å². The van der Waals surface area contributed by atoms with Crippen LogP contribution in [0.1, 0.15) is 22.8 Å². The van der Waals surface area contributed by atoms with Crippen molar-refractivity contribution in [3.8, 4) is 0 Å². The summed E-state index contributed by atoms with van der Waals surface area (Å²) in [5.74, 6) is -1.89. The molecule has 2 amide bonds. The van der Waals surface area contributed by atoms with Gasteiger partial charge in [0, 0.05) is 0 Å². The van der Waals surface area contributed by atoms with E-state index in [2.05, 4.69) is 15.8 Å². The first-order chi connectivity index (χ1) is 11.9. The van der Waals surface area contributed by atoms with Crippen LogP contribution in [0.3, 0.4) is 0 Å². The topological polar surface area (TPSA) is 70.6 Å². The molecule has 130 valence electrons. The Bertz CT molecular complexity index is 840. The molecule has 2 aromatic carbocycles. The van der Waals surface area contributed by atoms with Crippen LogP contribution < -0.4 is 10.7 Å². The van der Waals surface area contributed by atoms with Crippen LogP contribution in [0, 0.1) is 5.82 Å². The summed E-state index contributed by atoms with van der Waals surface area (Å²) < 4.78 is 13.5. The van der Waals surface area contributed by atoms with Crippen molar-refractivity contribution in [1.82, 2.24) is 10.7 Å². The van der Waals surface area contributed by atoms with Gasteiger partial charge >= 0.3 is 0 Å². The van der Waals surface area contributed by atoms with E-state index in [0.29, 0.717) is 21.3 Å². The van der Waals surface area contributed by atoms with E-state index in [1.165, 1.54) is 24.3 Å². The molecular formula is C17H14Cl2FN3O2. The average Bonchev–Trinajstić information content (AvgIpc) is 2.60. The van der Waals surface area contributed by atoms with E-state index in [9.17, 15) is 14.0 Å². The quantitative estimate of drug-likeness (QED) is 0.615. The van der Waals surface area contributed by atoms with Gasteiger partial charge in [0.05, 0.1) is 27.9 Å². The second-order valence-electron chi connectivity index (χ2n) is 5.02. The van der Waals surface area contributed by atoms with Crippen LogP contribution in [0.2, 0.25) is 10.0 Å². The van der Waals surface area contributed by atoms with Crippen molar-refractivity contribution in [3.05, 3.63) is 69.5 Å². The maximum absolute atomic E-state index is 13.5. The number of hydrogen-bond acceptors (Lipinski definition) is 3. The maximum atomic E-state index is 13.5. The molecule has 0 fully saturated rings. The molecule has 0 unspecified atom stereocenters. The number of hydrogen-bond donors (Lipinski definition) is 2. The van der Waals surface area contributed by atoms with E-state index in [-0.39, 0.29) is 12.1 Å². The van der Waals surface area contributed by atoms with Gasteiger partial charge in [0.25, 0.3) is 11.8 Å². The van der Waals surface area contributed by atoms with Gasteiger partial charge in [-0.2, -0.15) is 5.10 Å². The van der Waals surface area contributed by atoms with Crippen molar-refractivity contribution in [3.63, 3.8) is 0 Å². The molecule has 0 radical (unpaired) electrons. The second-order valence-corrected chi connectivity index (χ2v) is 5.84. The van der Waals surface area contributed by atoms with E-state index in [1.807, 2.05) is 0 Å². The van der Waals surface area contributed by atoms with Gasteiger partial charge in [0.2, 0.25) is 0 Å². The number of rotatable bonds is 5. The molecule has 2 rings (SSSR count). The lowest BCUT2D eigenvalue weighted by atomic mass is 10.1. The Labute approximate surface area is 153 Å². The number of carbonyl (C=O) groups excluding carboxylic acids is 2. The van der Waals surface area contributed by atoms with Crippen LogP contribution in [-0.4, -0.2) is 24.1 Å². The van der Waals surface area contributed by atoms with Gasteiger partial charge in [-0.1, -0.05) is 41.4 Å². The minimum atomic E-state index is -0.682. The van der Waals surface area contributed by atoms with Crippen molar-refractivity contribution in [2.24, 2.45) is 5.10 Å². The molecule has 2 N–H and O–H groups in total. The highest BCUT2D eigenvalue weighted by atomic mass is 35.5. The maximum Gasteiger partial charge on any atom is 0.259 e. The summed E-state index contributed by atoms with van der Waals surface area (Å²) in [4.78, 5) is 23.6. The summed E-state index contributed by atoms with van der Waals surface area (Å²) in [5, 5.41) is 7.03. The molecule has 0 heterocycles. The SMILES string of the molecule is CC(=NNC(=O)CNC(=O)c1ccccc1F)c1ccc(Cl)c(Cl)c1. The normalized spacial score (nSPS) is 11.1. The minimum Gasteiger partial charge on any atom is -0.343 e. The Morgan fingerprint density at radius 1 is 1.12 bits per heavy atom. The Hall–Kier alpha value is -2.44. The zero-order chi connectivity index (χ0) is 18.4. The summed E-state index contributed by atoms with van der Waals surface area (Å²) in [6, 6.07) is 10.4. The van der Waals surface area contributed by atoms with Crippen molar-refractivity contribution < 1.29 is 14.0 Å². The third-order valence-electron chi connectivity index (χ3n) is 3.21. The van der Waals surface area contributed by atoms with E-state index < -0.39 is 17.6 Å². The van der Waals surface area contributed by atoms with E-state index in [1.54, 1.807) is 25.1 Å². The number of benzene rings is 2. The monoisotopic (exact) mass is 381 g/mol. The van der Waals surface area contributed by atoms with Crippen LogP contribution in [0.15, 0.2) is 47.6 Å². The molecule has 0 bridgehead atoms. The summed E-state index contributed by atoms with van der Waals surface area (Å²) in [6.07, 6.45) is 0.